The summed E-state index contributed by atoms with van der Waals surface area (Å²) in [6, 6.07) is 12.6. The van der Waals surface area contributed by atoms with E-state index < -0.39 is 0 Å². The van der Waals surface area contributed by atoms with Gasteiger partial charge in [0, 0.05) is 49.9 Å². The smallest absolute Gasteiger partial charge is 0.295 e. The maximum atomic E-state index is 11.5. The molecular weight excluding hydrogens is 370 g/mol. The second kappa shape index (κ2) is 8.00. The Kier molecular flexibility index (Phi) is 5.26. The van der Waals surface area contributed by atoms with Gasteiger partial charge in [-0.15, -0.1) is 0 Å². The van der Waals surface area contributed by atoms with Gasteiger partial charge in [-0.1, -0.05) is 35.5 Å². The minimum atomic E-state index is -0.374. The van der Waals surface area contributed by atoms with Crippen LogP contribution in [0.4, 0.5) is 11.5 Å². The van der Waals surface area contributed by atoms with Crippen molar-refractivity contribution in [2.75, 3.05) is 31.1 Å². The van der Waals surface area contributed by atoms with Gasteiger partial charge in [-0.05, 0) is 19.9 Å². The third-order valence-corrected chi connectivity index (χ3v) is 5.36. The first-order valence-corrected chi connectivity index (χ1v) is 9.63. The van der Waals surface area contributed by atoms with Gasteiger partial charge in [0.2, 0.25) is 0 Å². The van der Waals surface area contributed by atoms with Crippen LogP contribution in [0, 0.1) is 24.0 Å². The number of aryl methyl sites for hydroxylation is 2. The molecule has 3 aromatic rings. The first kappa shape index (κ1) is 19.1. The van der Waals surface area contributed by atoms with E-state index in [1.165, 1.54) is 0 Å². The number of nitrogens with zero attached hydrogens (tertiary/aromatic N) is 5. The van der Waals surface area contributed by atoms with E-state index in [2.05, 4.69) is 19.9 Å². The summed E-state index contributed by atoms with van der Waals surface area (Å²) in [6.45, 7) is 8.10. The predicted molar refractivity (Wildman–Crippen MR) is 110 cm³/mol. The third-order valence-electron chi connectivity index (χ3n) is 5.36. The van der Waals surface area contributed by atoms with Crippen molar-refractivity contribution < 1.29 is 9.45 Å². The van der Waals surface area contributed by atoms with E-state index >= 15 is 0 Å². The summed E-state index contributed by atoms with van der Waals surface area (Å²) < 4.78 is 5.26. The Balaban J connectivity index is 1.51. The molecule has 1 aliphatic rings. The van der Waals surface area contributed by atoms with Gasteiger partial charge in [0.1, 0.15) is 11.6 Å². The Morgan fingerprint density at radius 3 is 2.41 bits per heavy atom. The molecular formula is C21H23N5O3. The highest BCUT2D eigenvalue weighted by atomic mass is 16.6. The fourth-order valence-electron chi connectivity index (χ4n) is 3.66. The minimum Gasteiger partial charge on any atom is -0.361 e. The molecule has 0 spiro atoms. The van der Waals surface area contributed by atoms with Crippen LogP contribution in [0.1, 0.15) is 17.0 Å². The van der Waals surface area contributed by atoms with Gasteiger partial charge in [-0.2, -0.15) is 0 Å². The zero-order chi connectivity index (χ0) is 20.4. The molecule has 0 N–H and O–H groups in total. The van der Waals surface area contributed by atoms with Crippen molar-refractivity contribution in [2.24, 2.45) is 0 Å². The standard InChI is InChI=1S/C21H23N5O3/c1-15-18(16(2)29-23-15)14-24-10-12-25(13-11-24)20-9-8-19(26(27)28)21(22-20)17-6-4-3-5-7-17/h3-9H,10-14H2,1-2H3. The molecule has 0 aliphatic carbocycles. The molecule has 0 atom stereocenters. The highest BCUT2D eigenvalue weighted by Crippen LogP contribution is 2.30. The van der Waals surface area contributed by atoms with Gasteiger partial charge in [-0.25, -0.2) is 4.98 Å². The van der Waals surface area contributed by atoms with Gasteiger partial charge >= 0.3 is 0 Å². The average Bonchev–Trinajstić information content (AvgIpc) is 3.06. The van der Waals surface area contributed by atoms with Crippen molar-refractivity contribution in [3.8, 4) is 11.3 Å². The van der Waals surface area contributed by atoms with Crippen LogP contribution in [0.3, 0.4) is 0 Å². The zero-order valence-corrected chi connectivity index (χ0v) is 16.5. The topological polar surface area (TPSA) is 88.5 Å². The monoisotopic (exact) mass is 393 g/mol. The van der Waals surface area contributed by atoms with Crippen molar-refractivity contribution in [1.82, 2.24) is 15.0 Å². The van der Waals surface area contributed by atoms with E-state index in [-0.39, 0.29) is 10.6 Å². The van der Waals surface area contributed by atoms with Crippen LogP contribution in [0.25, 0.3) is 11.3 Å². The first-order valence-electron chi connectivity index (χ1n) is 9.63. The Labute approximate surface area is 168 Å². The molecule has 2 aromatic heterocycles. The zero-order valence-electron chi connectivity index (χ0n) is 16.5. The third kappa shape index (κ3) is 3.97. The molecule has 1 aromatic carbocycles. The molecule has 3 heterocycles. The van der Waals surface area contributed by atoms with Crippen LogP contribution < -0.4 is 4.90 Å². The van der Waals surface area contributed by atoms with E-state index in [0.29, 0.717) is 5.69 Å². The number of piperazine rings is 1. The summed E-state index contributed by atoms with van der Waals surface area (Å²) in [5.74, 6) is 1.64. The van der Waals surface area contributed by atoms with Crippen molar-refractivity contribution in [3.63, 3.8) is 0 Å². The Morgan fingerprint density at radius 2 is 1.79 bits per heavy atom. The number of hydrogen-bond donors (Lipinski definition) is 0. The molecule has 29 heavy (non-hydrogen) atoms. The van der Waals surface area contributed by atoms with Crippen molar-refractivity contribution in [2.45, 2.75) is 20.4 Å². The molecule has 0 bridgehead atoms. The second-order valence-corrected chi connectivity index (χ2v) is 7.23. The lowest BCUT2D eigenvalue weighted by molar-refractivity contribution is -0.384. The van der Waals surface area contributed by atoms with Gasteiger partial charge in [0.05, 0.1) is 10.6 Å². The van der Waals surface area contributed by atoms with Crippen LogP contribution in [0.5, 0.6) is 0 Å². The quantitative estimate of drug-likeness (QED) is 0.483. The number of anilines is 1. The van der Waals surface area contributed by atoms with Gasteiger partial charge in [-0.3, -0.25) is 15.0 Å². The summed E-state index contributed by atoms with van der Waals surface area (Å²) >= 11 is 0. The first-order chi connectivity index (χ1) is 14.0. The average molecular weight is 393 g/mol. The molecule has 0 saturated carbocycles. The molecule has 1 fully saturated rings. The molecule has 1 aliphatic heterocycles. The van der Waals surface area contributed by atoms with Crippen molar-refractivity contribution >= 4 is 11.5 Å². The molecule has 4 rings (SSSR count). The molecule has 0 amide bonds. The van der Waals surface area contributed by atoms with E-state index in [1.54, 1.807) is 12.1 Å². The summed E-state index contributed by atoms with van der Waals surface area (Å²) in [6.07, 6.45) is 0. The summed E-state index contributed by atoms with van der Waals surface area (Å²) in [7, 11) is 0. The molecule has 8 heteroatoms. The molecule has 8 nitrogen and oxygen atoms in total. The van der Waals surface area contributed by atoms with Crippen LogP contribution >= 0.6 is 0 Å². The molecule has 1 saturated heterocycles. The van der Waals surface area contributed by atoms with Crippen LogP contribution in [0.15, 0.2) is 47.0 Å². The second-order valence-electron chi connectivity index (χ2n) is 7.23. The fourth-order valence-corrected chi connectivity index (χ4v) is 3.66. The summed E-state index contributed by atoms with van der Waals surface area (Å²) in [5, 5.41) is 15.5. The molecule has 0 radical (unpaired) electrons. The highest BCUT2D eigenvalue weighted by molar-refractivity contribution is 5.71. The Morgan fingerprint density at radius 1 is 1.07 bits per heavy atom. The maximum absolute atomic E-state index is 11.5. The largest absolute Gasteiger partial charge is 0.361 e. The summed E-state index contributed by atoms with van der Waals surface area (Å²) in [4.78, 5) is 20.3. The lowest BCUT2D eigenvalue weighted by atomic mass is 10.1. The van der Waals surface area contributed by atoms with E-state index in [9.17, 15) is 10.1 Å². The van der Waals surface area contributed by atoms with Gasteiger partial charge in [0.25, 0.3) is 5.69 Å². The number of nitro groups is 1. The SMILES string of the molecule is Cc1noc(C)c1CN1CCN(c2ccc([N+](=O)[O-])c(-c3ccccc3)n2)CC1. The van der Waals surface area contributed by atoms with Crippen molar-refractivity contribution in [1.29, 1.82) is 0 Å². The van der Waals surface area contributed by atoms with E-state index in [4.69, 9.17) is 4.52 Å². The summed E-state index contributed by atoms with van der Waals surface area (Å²) in [5.41, 5.74) is 3.27. The minimum absolute atomic E-state index is 0.0250. The number of aromatic nitrogens is 2. The van der Waals surface area contributed by atoms with Gasteiger partial charge < -0.3 is 9.42 Å². The lowest BCUT2D eigenvalue weighted by Crippen LogP contribution is -2.46. The number of pyridine rings is 1. The highest BCUT2D eigenvalue weighted by Gasteiger charge is 2.23. The number of rotatable bonds is 5. The number of benzene rings is 1. The lowest BCUT2D eigenvalue weighted by Gasteiger charge is -2.35. The van der Waals surface area contributed by atoms with Crippen LogP contribution in [0.2, 0.25) is 0 Å². The molecule has 0 unspecified atom stereocenters. The van der Waals surface area contributed by atoms with Crippen LogP contribution in [-0.4, -0.2) is 46.1 Å². The fraction of sp³-hybridized carbons (Fsp3) is 0.333. The number of hydrogen-bond acceptors (Lipinski definition) is 7. The van der Waals surface area contributed by atoms with E-state index in [1.807, 2.05) is 44.2 Å². The Hall–Kier alpha value is -3.26. The van der Waals surface area contributed by atoms with E-state index in [0.717, 1.165) is 61.1 Å². The molecule has 150 valence electrons. The van der Waals surface area contributed by atoms with Gasteiger partial charge in [0.15, 0.2) is 5.69 Å². The maximum Gasteiger partial charge on any atom is 0.295 e. The predicted octanol–water partition coefficient (Wildman–Crippen LogP) is 3.58. The Bertz CT molecular complexity index is 991. The van der Waals surface area contributed by atoms with Crippen LogP contribution in [-0.2, 0) is 6.54 Å². The normalized spacial score (nSPS) is 14.9. The van der Waals surface area contributed by atoms with Crippen molar-refractivity contribution in [3.05, 3.63) is 69.6 Å².